The molecule has 2 aromatic rings. The third-order valence-electron chi connectivity index (χ3n) is 4.69. The minimum Gasteiger partial charge on any atom is -0.334 e. The average molecular weight is 437 g/mol. The van der Waals surface area contributed by atoms with Gasteiger partial charge in [0.05, 0.1) is 16.7 Å². The summed E-state index contributed by atoms with van der Waals surface area (Å²) in [6, 6.07) is 9.99. The van der Waals surface area contributed by atoms with Crippen LogP contribution in [0.25, 0.3) is 0 Å². The summed E-state index contributed by atoms with van der Waals surface area (Å²) >= 11 is 11.8. The Hall–Kier alpha value is -2.36. The highest BCUT2D eigenvalue weighted by molar-refractivity contribution is 6.42. The molecule has 8 nitrogen and oxygen atoms in total. The van der Waals surface area contributed by atoms with Crippen LogP contribution in [0.4, 0.5) is 10.5 Å². The molecular weight excluding hydrogens is 419 g/mol. The molecule has 0 spiro atoms. The molecule has 2 aromatic carbocycles. The standard InChI is InChI=1S/C19H18Cl2N4O4/c20-15-4-2-13(8-16(15)21)23-19(27)22-9-11-1-3-14-12(7-11)10-25(18(14)26)17-5-6-28-24-29-17/h1-4,7-8,17,24H,5-6,9-10H2,(H2,22,23,27). The van der Waals surface area contributed by atoms with E-state index in [1.165, 1.54) is 0 Å². The van der Waals surface area contributed by atoms with Crippen LogP contribution in [0.1, 0.15) is 27.9 Å². The van der Waals surface area contributed by atoms with Gasteiger partial charge in [0.1, 0.15) is 0 Å². The van der Waals surface area contributed by atoms with Crippen LogP contribution in [0.15, 0.2) is 36.4 Å². The van der Waals surface area contributed by atoms with Crippen molar-refractivity contribution in [2.45, 2.75) is 25.7 Å². The van der Waals surface area contributed by atoms with E-state index in [0.717, 1.165) is 11.1 Å². The molecule has 1 unspecified atom stereocenters. The SMILES string of the molecule is O=C(NCc1ccc2c(c1)CN(C1CCONO1)C2=O)Nc1ccc(Cl)c(Cl)c1. The van der Waals surface area contributed by atoms with Gasteiger partial charge in [0.2, 0.25) is 0 Å². The molecule has 0 bridgehead atoms. The fourth-order valence-corrected chi connectivity index (χ4v) is 3.54. The molecule has 4 rings (SSSR count). The molecule has 0 radical (unpaired) electrons. The summed E-state index contributed by atoms with van der Waals surface area (Å²) in [6.07, 6.45) is 0.220. The van der Waals surface area contributed by atoms with Crippen LogP contribution in [0, 0.1) is 0 Å². The van der Waals surface area contributed by atoms with Crippen molar-refractivity contribution in [3.8, 4) is 0 Å². The number of nitrogens with one attached hydrogen (secondary N) is 3. The molecule has 1 atom stereocenters. The maximum Gasteiger partial charge on any atom is 0.319 e. The van der Waals surface area contributed by atoms with Crippen molar-refractivity contribution in [3.63, 3.8) is 0 Å². The van der Waals surface area contributed by atoms with Crippen molar-refractivity contribution in [3.05, 3.63) is 63.1 Å². The molecule has 2 heterocycles. The zero-order valence-corrected chi connectivity index (χ0v) is 16.7. The van der Waals surface area contributed by atoms with Crippen LogP contribution < -0.4 is 16.3 Å². The number of rotatable bonds is 4. The number of anilines is 1. The number of benzene rings is 2. The summed E-state index contributed by atoms with van der Waals surface area (Å²) < 4.78 is 0. The molecule has 152 valence electrons. The Morgan fingerprint density at radius 3 is 2.83 bits per heavy atom. The van der Waals surface area contributed by atoms with E-state index in [-0.39, 0.29) is 18.2 Å². The second-order valence-electron chi connectivity index (χ2n) is 6.65. The Balaban J connectivity index is 1.36. The topological polar surface area (TPSA) is 91.9 Å². The Labute approximate surface area is 177 Å². The van der Waals surface area contributed by atoms with Gasteiger partial charge in [-0.3, -0.25) is 14.5 Å². The number of nitrogens with zero attached hydrogens (tertiary/aromatic N) is 1. The number of hydrogen-bond donors (Lipinski definition) is 3. The van der Waals surface area contributed by atoms with E-state index < -0.39 is 0 Å². The highest BCUT2D eigenvalue weighted by atomic mass is 35.5. The molecule has 29 heavy (non-hydrogen) atoms. The molecule has 2 aliphatic rings. The minimum absolute atomic E-state index is 0.0782. The Bertz CT molecular complexity index is 950. The maximum atomic E-state index is 12.6. The second-order valence-corrected chi connectivity index (χ2v) is 7.47. The van der Waals surface area contributed by atoms with E-state index in [9.17, 15) is 9.59 Å². The molecular formula is C19H18Cl2N4O4. The largest absolute Gasteiger partial charge is 0.334 e. The molecule has 1 saturated heterocycles. The molecule has 0 aromatic heterocycles. The first kappa shape index (κ1) is 19.9. The van der Waals surface area contributed by atoms with Crippen LogP contribution in [-0.4, -0.2) is 29.7 Å². The summed E-state index contributed by atoms with van der Waals surface area (Å²) in [5, 5.41) is 6.26. The van der Waals surface area contributed by atoms with Crippen molar-refractivity contribution in [1.82, 2.24) is 15.9 Å². The van der Waals surface area contributed by atoms with Crippen LogP contribution in [0.2, 0.25) is 10.0 Å². The molecule has 10 heteroatoms. The number of halogens is 2. The lowest BCUT2D eigenvalue weighted by Crippen LogP contribution is -2.45. The van der Waals surface area contributed by atoms with E-state index in [1.807, 2.05) is 12.1 Å². The van der Waals surface area contributed by atoms with Gasteiger partial charge < -0.3 is 15.5 Å². The van der Waals surface area contributed by atoms with Crippen LogP contribution in [0.3, 0.4) is 0 Å². The number of amides is 3. The fraction of sp³-hybridized carbons (Fsp3) is 0.263. The van der Waals surface area contributed by atoms with Gasteiger partial charge in [-0.25, -0.2) is 4.79 Å². The van der Waals surface area contributed by atoms with E-state index in [2.05, 4.69) is 16.3 Å². The minimum atomic E-state index is -0.373. The van der Waals surface area contributed by atoms with Gasteiger partial charge >= 0.3 is 6.03 Å². The van der Waals surface area contributed by atoms with Crippen molar-refractivity contribution >= 4 is 40.8 Å². The lowest BCUT2D eigenvalue weighted by molar-refractivity contribution is -0.266. The normalized spacial score (nSPS) is 18.5. The summed E-state index contributed by atoms with van der Waals surface area (Å²) in [4.78, 5) is 36.6. The van der Waals surface area contributed by atoms with Gasteiger partial charge in [-0.05, 0) is 35.4 Å². The van der Waals surface area contributed by atoms with E-state index >= 15 is 0 Å². The number of fused-ring (bicyclic) bond motifs is 1. The number of carbonyl (C=O) groups is 2. The lowest BCUT2D eigenvalue weighted by Gasteiger charge is -2.30. The number of urea groups is 1. The summed E-state index contributed by atoms with van der Waals surface area (Å²) in [5.74, 6) is -0.0782. The third kappa shape index (κ3) is 4.47. The van der Waals surface area contributed by atoms with Crippen LogP contribution in [-0.2, 0) is 22.8 Å². The smallest absolute Gasteiger partial charge is 0.319 e. The number of hydrogen-bond acceptors (Lipinski definition) is 5. The van der Waals surface area contributed by atoms with E-state index in [0.29, 0.717) is 47.4 Å². The van der Waals surface area contributed by atoms with Gasteiger partial charge in [0.15, 0.2) is 6.23 Å². The van der Waals surface area contributed by atoms with E-state index in [1.54, 1.807) is 29.2 Å². The molecule has 3 amide bonds. The van der Waals surface area contributed by atoms with Crippen molar-refractivity contribution in [2.24, 2.45) is 0 Å². The predicted molar refractivity (Wildman–Crippen MR) is 107 cm³/mol. The summed E-state index contributed by atoms with van der Waals surface area (Å²) in [5.41, 5.74) is 5.33. The monoisotopic (exact) mass is 436 g/mol. The summed E-state index contributed by atoms with van der Waals surface area (Å²) in [7, 11) is 0. The fourth-order valence-electron chi connectivity index (χ4n) is 3.24. The first-order valence-corrected chi connectivity index (χ1v) is 9.72. The first-order valence-electron chi connectivity index (χ1n) is 8.96. The highest BCUT2D eigenvalue weighted by Crippen LogP contribution is 2.28. The second kappa shape index (κ2) is 8.56. The van der Waals surface area contributed by atoms with Crippen molar-refractivity contribution in [2.75, 3.05) is 11.9 Å². The third-order valence-corrected chi connectivity index (χ3v) is 5.43. The molecule has 3 N–H and O–H groups in total. The number of carbonyl (C=O) groups excluding carboxylic acids is 2. The van der Waals surface area contributed by atoms with Crippen molar-refractivity contribution in [1.29, 1.82) is 0 Å². The highest BCUT2D eigenvalue weighted by Gasteiger charge is 2.34. The average Bonchev–Trinajstić information content (AvgIpc) is 3.06. The molecule has 0 aliphatic carbocycles. The molecule has 2 aliphatic heterocycles. The molecule has 1 fully saturated rings. The predicted octanol–water partition coefficient (Wildman–Crippen LogP) is 3.45. The Kier molecular flexibility index (Phi) is 5.89. The zero-order chi connectivity index (χ0) is 20.4. The van der Waals surface area contributed by atoms with Gasteiger partial charge in [-0.15, -0.1) is 0 Å². The first-order chi connectivity index (χ1) is 14.0. The van der Waals surface area contributed by atoms with Gasteiger partial charge in [0, 0.05) is 30.8 Å². The summed E-state index contributed by atoms with van der Waals surface area (Å²) in [6.45, 7) is 1.22. The van der Waals surface area contributed by atoms with E-state index in [4.69, 9.17) is 32.9 Å². The van der Waals surface area contributed by atoms with Crippen LogP contribution >= 0.6 is 23.2 Å². The maximum absolute atomic E-state index is 12.6. The lowest BCUT2D eigenvalue weighted by atomic mass is 10.1. The zero-order valence-electron chi connectivity index (χ0n) is 15.2. The van der Waals surface area contributed by atoms with Gasteiger partial charge in [-0.2, -0.15) is 0 Å². The Morgan fingerprint density at radius 2 is 2.07 bits per heavy atom. The molecule has 0 saturated carbocycles. The van der Waals surface area contributed by atoms with Gasteiger partial charge in [-0.1, -0.05) is 41.0 Å². The Morgan fingerprint density at radius 1 is 1.21 bits per heavy atom. The van der Waals surface area contributed by atoms with Crippen LogP contribution in [0.5, 0.6) is 0 Å². The quantitative estimate of drug-likeness (QED) is 0.682. The van der Waals surface area contributed by atoms with Gasteiger partial charge in [0.25, 0.3) is 5.91 Å². The van der Waals surface area contributed by atoms with Crippen molar-refractivity contribution < 1.29 is 19.3 Å².